The van der Waals surface area contributed by atoms with E-state index in [0.717, 1.165) is 16.6 Å². The normalized spacial score (nSPS) is 13.5. The number of likely N-dealkylation sites (N-methyl/N-ethyl adjacent to an activating group) is 1. The van der Waals surface area contributed by atoms with Gasteiger partial charge >= 0.3 is 0 Å². The van der Waals surface area contributed by atoms with E-state index in [1.807, 2.05) is 31.3 Å². The van der Waals surface area contributed by atoms with E-state index in [4.69, 9.17) is 5.73 Å². The predicted octanol–water partition coefficient (Wildman–Crippen LogP) is 4.30. The molecule has 0 radical (unpaired) electrons. The summed E-state index contributed by atoms with van der Waals surface area (Å²) in [6.45, 7) is 2.09. The van der Waals surface area contributed by atoms with E-state index < -0.39 is 0 Å². The fourth-order valence-corrected chi connectivity index (χ4v) is 4.08. The Morgan fingerprint density at radius 2 is 2.14 bits per heavy atom. The molecule has 2 atom stereocenters. The average Bonchev–Trinajstić information content (AvgIpc) is 2.93. The number of nitrogens with two attached hydrogens (primary N) is 1. The van der Waals surface area contributed by atoms with Crippen molar-refractivity contribution in [1.82, 2.24) is 0 Å². The molecule has 0 amide bonds. The van der Waals surface area contributed by atoms with Gasteiger partial charge in [0.1, 0.15) is 6.07 Å². The molecular weight excluding hydrogens is 346 g/mol. The number of halogens is 1. The zero-order chi connectivity index (χ0) is 15.4. The molecule has 1 aromatic heterocycles. The largest absolute Gasteiger partial charge is 0.364 e. The summed E-state index contributed by atoms with van der Waals surface area (Å²) in [5.74, 6) is 0. The SMILES string of the molecule is CCC(N)C(c1cc(Br)cs1)N(C)c1ccccc1C#N. The van der Waals surface area contributed by atoms with E-state index in [1.165, 1.54) is 4.88 Å². The van der Waals surface area contributed by atoms with E-state index in [2.05, 4.69) is 45.3 Å². The van der Waals surface area contributed by atoms with Gasteiger partial charge < -0.3 is 10.6 Å². The minimum Gasteiger partial charge on any atom is -0.364 e. The molecule has 3 nitrogen and oxygen atoms in total. The number of nitrogens with zero attached hydrogens (tertiary/aromatic N) is 2. The van der Waals surface area contributed by atoms with E-state index in [-0.39, 0.29) is 12.1 Å². The summed E-state index contributed by atoms with van der Waals surface area (Å²) >= 11 is 5.19. The molecule has 0 aliphatic carbocycles. The van der Waals surface area contributed by atoms with Crippen molar-refractivity contribution in [2.75, 3.05) is 11.9 Å². The maximum absolute atomic E-state index is 9.31. The second kappa shape index (κ2) is 7.08. The van der Waals surface area contributed by atoms with Crippen molar-refractivity contribution in [1.29, 1.82) is 5.26 Å². The molecule has 0 saturated carbocycles. The Kier molecular flexibility index (Phi) is 5.40. The van der Waals surface area contributed by atoms with Gasteiger partial charge in [0.05, 0.1) is 17.3 Å². The van der Waals surface area contributed by atoms with Gasteiger partial charge in [-0.1, -0.05) is 19.1 Å². The molecule has 0 fully saturated rings. The molecule has 2 unspecified atom stereocenters. The number of anilines is 1. The van der Waals surface area contributed by atoms with Gasteiger partial charge in [0.15, 0.2) is 0 Å². The van der Waals surface area contributed by atoms with Crippen molar-refractivity contribution in [3.63, 3.8) is 0 Å². The van der Waals surface area contributed by atoms with Crippen LogP contribution in [0, 0.1) is 11.3 Å². The molecule has 0 aliphatic rings. The highest BCUT2D eigenvalue weighted by Crippen LogP contribution is 2.35. The van der Waals surface area contributed by atoms with Crippen molar-refractivity contribution < 1.29 is 0 Å². The molecule has 0 saturated heterocycles. The molecule has 5 heteroatoms. The quantitative estimate of drug-likeness (QED) is 0.861. The van der Waals surface area contributed by atoms with Crippen LogP contribution in [0.2, 0.25) is 0 Å². The second-order valence-electron chi connectivity index (χ2n) is 4.92. The molecule has 0 spiro atoms. The topological polar surface area (TPSA) is 53.0 Å². The van der Waals surface area contributed by atoms with Crippen molar-refractivity contribution in [2.24, 2.45) is 5.73 Å². The maximum Gasteiger partial charge on any atom is 0.101 e. The third-order valence-electron chi connectivity index (χ3n) is 3.58. The van der Waals surface area contributed by atoms with Crippen LogP contribution in [-0.4, -0.2) is 13.1 Å². The summed E-state index contributed by atoms with van der Waals surface area (Å²) in [7, 11) is 2.00. The lowest BCUT2D eigenvalue weighted by Crippen LogP contribution is -2.38. The van der Waals surface area contributed by atoms with Gasteiger partial charge in [0.25, 0.3) is 0 Å². The van der Waals surface area contributed by atoms with E-state index in [9.17, 15) is 5.26 Å². The Bertz CT molecular complexity index is 647. The standard InChI is InChI=1S/C16H18BrN3S/c1-3-13(19)16(15-8-12(17)10-21-15)20(2)14-7-5-4-6-11(14)9-18/h4-8,10,13,16H,3,19H2,1-2H3. The third-order valence-corrected chi connectivity index (χ3v) is 5.34. The fraction of sp³-hybridized carbons (Fsp3) is 0.312. The number of hydrogen-bond donors (Lipinski definition) is 1. The molecule has 1 aromatic carbocycles. The summed E-state index contributed by atoms with van der Waals surface area (Å²) in [6.07, 6.45) is 0.874. The minimum absolute atomic E-state index is 0.00676. The summed E-state index contributed by atoms with van der Waals surface area (Å²) in [5, 5.41) is 11.4. The lowest BCUT2D eigenvalue weighted by atomic mass is 10.0. The zero-order valence-electron chi connectivity index (χ0n) is 12.1. The first-order chi connectivity index (χ1) is 10.1. The van der Waals surface area contributed by atoms with Gasteiger partial charge in [-0.3, -0.25) is 0 Å². The van der Waals surface area contributed by atoms with Gasteiger partial charge in [-0.25, -0.2) is 0 Å². The maximum atomic E-state index is 9.31. The van der Waals surface area contributed by atoms with Gasteiger partial charge in [0, 0.05) is 27.8 Å². The first kappa shape index (κ1) is 16.0. The van der Waals surface area contributed by atoms with Gasteiger partial charge in [-0.05, 0) is 40.5 Å². The Hall–Kier alpha value is -1.35. The highest BCUT2D eigenvalue weighted by atomic mass is 79.9. The van der Waals surface area contributed by atoms with Gasteiger partial charge in [-0.15, -0.1) is 11.3 Å². The predicted molar refractivity (Wildman–Crippen MR) is 92.6 cm³/mol. The molecule has 2 N–H and O–H groups in total. The smallest absolute Gasteiger partial charge is 0.101 e. The lowest BCUT2D eigenvalue weighted by Gasteiger charge is -2.34. The highest BCUT2D eigenvalue weighted by Gasteiger charge is 2.26. The van der Waals surface area contributed by atoms with Crippen molar-refractivity contribution in [2.45, 2.75) is 25.4 Å². The first-order valence-corrected chi connectivity index (χ1v) is 8.47. The highest BCUT2D eigenvalue weighted by molar-refractivity contribution is 9.10. The number of benzene rings is 1. The molecule has 21 heavy (non-hydrogen) atoms. The Labute approximate surface area is 138 Å². The van der Waals surface area contributed by atoms with Crippen LogP contribution in [0.1, 0.15) is 29.8 Å². The van der Waals surface area contributed by atoms with E-state index in [0.29, 0.717) is 5.56 Å². The summed E-state index contributed by atoms with van der Waals surface area (Å²) in [6, 6.07) is 12.1. The van der Waals surface area contributed by atoms with E-state index >= 15 is 0 Å². The van der Waals surface area contributed by atoms with Crippen LogP contribution in [0.25, 0.3) is 0 Å². The third kappa shape index (κ3) is 3.46. The zero-order valence-corrected chi connectivity index (χ0v) is 14.5. The molecule has 2 rings (SSSR count). The number of hydrogen-bond acceptors (Lipinski definition) is 4. The Morgan fingerprint density at radius 1 is 1.43 bits per heavy atom. The molecule has 110 valence electrons. The van der Waals surface area contributed by atoms with Crippen LogP contribution in [0.5, 0.6) is 0 Å². The lowest BCUT2D eigenvalue weighted by molar-refractivity contribution is 0.516. The van der Waals surface area contributed by atoms with Crippen molar-refractivity contribution in [3.8, 4) is 6.07 Å². The molecule has 0 bridgehead atoms. The Balaban J connectivity index is 2.44. The van der Waals surface area contributed by atoms with Crippen LogP contribution >= 0.6 is 27.3 Å². The van der Waals surface area contributed by atoms with Gasteiger partial charge in [0.2, 0.25) is 0 Å². The number of thiophene rings is 1. The molecular formula is C16H18BrN3S. The monoisotopic (exact) mass is 363 g/mol. The number of rotatable bonds is 5. The second-order valence-corrected chi connectivity index (χ2v) is 6.78. The number of para-hydroxylation sites is 1. The van der Waals surface area contributed by atoms with Crippen LogP contribution in [0.4, 0.5) is 5.69 Å². The summed E-state index contributed by atoms with van der Waals surface area (Å²) in [4.78, 5) is 3.32. The van der Waals surface area contributed by atoms with Crippen LogP contribution in [0.3, 0.4) is 0 Å². The van der Waals surface area contributed by atoms with Crippen molar-refractivity contribution >= 4 is 33.0 Å². The first-order valence-electron chi connectivity index (χ1n) is 6.80. The average molecular weight is 364 g/mol. The molecule has 0 aliphatic heterocycles. The summed E-state index contributed by atoms with van der Waals surface area (Å²) < 4.78 is 1.07. The minimum atomic E-state index is 0.00676. The Morgan fingerprint density at radius 3 is 2.71 bits per heavy atom. The fourth-order valence-electron chi connectivity index (χ4n) is 2.42. The van der Waals surface area contributed by atoms with Crippen LogP contribution in [-0.2, 0) is 0 Å². The molecule has 1 heterocycles. The molecule has 2 aromatic rings. The van der Waals surface area contributed by atoms with Crippen LogP contribution in [0.15, 0.2) is 40.2 Å². The van der Waals surface area contributed by atoms with Gasteiger partial charge in [-0.2, -0.15) is 5.26 Å². The number of nitriles is 1. The van der Waals surface area contributed by atoms with Crippen LogP contribution < -0.4 is 10.6 Å². The van der Waals surface area contributed by atoms with Crippen molar-refractivity contribution in [3.05, 3.63) is 50.6 Å². The van der Waals surface area contributed by atoms with E-state index in [1.54, 1.807) is 11.3 Å². The summed E-state index contributed by atoms with van der Waals surface area (Å²) in [5.41, 5.74) is 7.94.